The smallest absolute Gasteiger partial charge is 0.323 e. The number of nitrogens with two attached hydrogens (primary N) is 1. The molecule has 0 unspecified atom stereocenters. The van der Waals surface area contributed by atoms with Gasteiger partial charge in [-0.25, -0.2) is 0 Å². The monoisotopic (exact) mass is 303 g/mol. The Morgan fingerprint density at radius 3 is 2.43 bits per heavy atom. The van der Waals surface area contributed by atoms with Crippen LogP contribution >= 0.6 is 11.6 Å². The highest BCUT2D eigenvalue weighted by molar-refractivity contribution is 6.31. The highest BCUT2D eigenvalue weighted by Crippen LogP contribution is 2.26. The van der Waals surface area contributed by atoms with Gasteiger partial charge >= 0.3 is 5.97 Å². The van der Waals surface area contributed by atoms with Crippen LogP contribution < -0.4 is 5.73 Å². The molecule has 0 bridgehead atoms. The fraction of sp³-hybridized carbons (Fsp3) is 0.235. The van der Waals surface area contributed by atoms with Crippen molar-refractivity contribution in [3.63, 3.8) is 0 Å². The summed E-state index contributed by atoms with van der Waals surface area (Å²) < 4.78 is 5.27. The lowest BCUT2D eigenvalue weighted by Gasteiger charge is -2.20. The van der Waals surface area contributed by atoms with Crippen molar-refractivity contribution in [1.29, 1.82) is 0 Å². The summed E-state index contributed by atoms with van der Waals surface area (Å²) in [7, 11) is 0. The maximum absolute atomic E-state index is 12.1. The molecule has 0 heterocycles. The topological polar surface area (TPSA) is 52.3 Å². The molecule has 4 heteroatoms. The van der Waals surface area contributed by atoms with Gasteiger partial charge < -0.3 is 10.5 Å². The van der Waals surface area contributed by atoms with Crippen LogP contribution in [-0.4, -0.2) is 12.0 Å². The third-order valence-corrected chi connectivity index (χ3v) is 3.77. The van der Waals surface area contributed by atoms with Gasteiger partial charge in [0.05, 0.1) is 0 Å². The summed E-state index contributed by atoms with van der Waals surface area (Å²) in [6.45, 7) is 2.10. The molecule has 0 aliphatic rings. The Morgan fingerprint density at radius 2 is 1.76 bits per heavy atom. The number of carbonyl (C=O) groups excluding carboxylic acids is 1. The molecule has 3 nitrogen and oxygen atoms in total. The third-order valence-electron chi connectivity index (χ3n) is 3.43. The van der Waals surface area contributed by atoms with Crippen LogP contribution in [0.1, 0.15) is 24.0 Å². The van der Waals surface area contributed by atoms with Crippen molar-refractivity contribution in [3.05, 3.63) is 70.7 Å². The molecule has 0 aliphatic heterocycles. The van der Waals surface area contributed by atoms with Crippen molar-refractivity contribution in [1.82, 2.24) is 0 Å². The first-order valence-electron chi connectivity index (χ1n) is 6.80. The first kappa shape index (κ1) is 15.5. The lowest BCUT2D eigenvalue weighted by atomic mass is 9.94. The van der Waals surface area contributed by atoms with Crippen LogP contribution in [0.15, 0.2) is 54.6 Å². The number of hydrogen-bond acceptors (Lipinski definition) is 3. The molecule has 110 valence electrons. The van der Waals surface area contributed by atoms with Gasteiger partial charge in [0.25, 0.3) is 0 Å². The maximum atomic E-state index is 12.1. The van der Waals surface area contributed by atoms with Gasteiger partial charge in [0.2, 0.25) is 0 Å². The average Bonchev–Trinajstić information content (AvgIpc) is 2.52. The largest absolute Gasteiger partial charge is 0.460 e. The Kier molecular flexibility index (Phi) is 5.37. The number of ether oxygens (including phenoxy) is 1. The van der Waals surface area contributed by atoms with Crippen LogP contribution in [0, 0.1) is 0 Å². The summed E-state index contributed by atoms with van der Waals surface area (Å²) in [5, 5.41) is 0.608. The zero-order chi connectivity index (χ0) is 15.2. The molecule has 0 fully saturated rings. The number of hydrogen-bond donors (Lipinski definition) is 1. The summed E-state index contributed by atoms with van der Waals surface area (Å²) in [6.07, 6.45) is 0. The van der Waals surface area contributed by atoms with E-state index in [-0.39, 0.29) is 12.5 Å². The van der Waals surface area contributed by atoms with E-state index in [1.54, 1.807) is 6.07 Å². The van der Waals surface area contributed by atoms with E-state index in [4.69, 9.17) is 22.1 Å². The van der Waals surface area contributed by atoms with Gasteiger partial charge in [0, 0.05) is 10.9 Å². The van der Waals surface area contributed by atoms with E-state index >= 15 is 0 Å². The number of carbonyl (C=O) groups is 1. The number of rotatable bonds is 5. The highest BCUT2D eigenvalue weighted by Gasteiger charge is 2.25. The Morgan fingerprint density at radius 1 is 1.14 bits per heavy atom. The van der Waals surface area contributed by atoms with E-state index in [9.17, 15) is 4.79 Å². The van der Waals surface area contributed by atoms with E-state index in [1.165, 1.54) is 0 Å². The van der Waals surface area contributed by atoms with E-state index < -0.39 is 12.0 Å². The van der Waals surface area contributed by atoms with E-state index in [2.05, 4.69) is 0 Å². The number of benzene rings is 2. The van der Waals surface area contributed by atoms with Crippen LogP contribution in [0.3, 0.4) is 0 Å². The first-order chi connectivity index (χ1) is 10.1. The predicted octanol–water partition coefficient (Wildman–Crippen LogP) is 3.51. The molecule has 2 atom stereocenters. The molecule has 0 aromatic heterocycles. The Bertz CT molecular complexity index is 601. The minimum Gasteiger partial charge on any atom is -0.460 e. The zero-order valence-electron chi connectivity index (χ0n) is 11.8. The molecule has 0 aliphatic carbocycles. The van der Waals surface area contributed by atoms with Crippen molar-refractivity contribution < 1.29 is 9.53 Å². The minimum atomic E-state index is -0.742. The summed E-state index contributed by atoms with van der Waals surface area (Å²) in [5.74, 6) is -0.631. The summed E-state index contributed by atoms with van der Waals surface area (Å²) in [5.41, 5.74) is 7.78. The van der Waals surface area contributed by atoms with Crippen LogP contribution in [0.25, 0.3) is 0 Å². The van der Waals surface area contributed by atoms with Gasteiger partial charge in [-0.3, -0.25) is 4.79 Å². The van der Waals surface area contributed by atoms with E-state index in [0.717, 1.165) is 11.1 Å². The second-order valence-corrected chi connectivity index (χ2v) is 5.34. The molecule has 0 spiro atoms. The third kappa shape index (κ3) is 4.06. The van der Waals surface area contributed by atoms with Crippen molar-refractivity contribution >= 4 is 17.6 Å². The lowest BCUT2D eigenvalue weighted by molar-refractivity contribution is -0.147. The fourth-order valence-electron chi connectivity index (χ4n) is 2.07. The van der Waals surface area contributed by atoms with Crippen molar-refractivity contribution in [2.24, 2.45) is 5.73 Å². The van der Waals surface area contributed by atoms with Crippen LogP contribution in [0.5, 0.6) is 0 Å². The number of halogens is 1. The molecule has 21 heavy (non-hydrogen) atoms. The summed E-state index contributed by atoms with van der Waals surface area (Å²) in [6, 6.07) is 16.1. The molecule has 2 aromatic rings. The number of esters is 1. The predicted molar refractivity (Wildman–Crippen MR) is 84.1 cm³/mol. The van der Waals surface area contributed by atoms with Gasteiger partial charge in [-0.1, -0.05) is 67.1 Å². The standard InChI is InChI=1S/C17H18ClNO2/c1-12(14-9-5-6-10-15(14)18)16(19)17(20)21-11-13-7-3-2-4-8-13/h2-10,12,16H,11,19H2,1H3/t12-,16-/m0/s1. The Labute approximate surface area is 129 Å². The van der Waals surface area contributed by atoms with Gasteiger partial charge in [0.15, 0.2) is 0 Å². The normalized spacial score (nSPS) is 13.5. The lowest BCUT2D eigenvalue weighted by Crippen LogP contribution is -2.37. The second kappa shape index (κ2) is 7.25. The van der Waals surface area contributed by atoms with E-state index in [0.29, 0.717) is 5.02 Å². The van der Waals surface area contributed by atoms with Gasteiger partial charge in [-0.15, -0.1) is 0 Å². The molecule has 0 radical (unpaired) electrons. The summed E-state index contributed by atoms with van der Waals surface area (Å²) in [4.78, 5) is 12.1. The Balaban J connectivity index is 1.97. The SMILES string of the molecule is C[C@@H](c1ccccc1Cl)[C@H](N)C(=O)OCc1ccccc1. The van der Waals surface area contributed by atoms with Gasteiger partial charge in [-0.2, -0.15) is 0 Å². The molecule has 2 rings (SSSR count). The molecule has 0 amide bonds. The zero-order valence-corrected chi connectivity index (χ0v) is 12.6. The van der Waals surface area contributed by atoms with Crippen molar-refractivity contribution in [2.45, 2.75) is 25.5 Å². The maximum Gasteiger partial charge on any atom is 0.323 e. The Hall–Kier alpha value is -1.84. The second-order valence-electron chi connectivity index (χ2n) is 4.93. The van der Waals surface area contributed by atoms with Crippen molar-refractivity contribution in [2.75, 3.05) is 0 Å². The first-order valence-corrected chi connectivity index (χ1v) is 7.18. The highest BCUT2D eigenvalue weighted by atomic mass is 35.5. The molecule has 2 N–H and O–H groups in total. The molecule has 2 aromatic carbocycles. The molecule has 0 saturated heterocycles. The van der Waals surface area contributed by atoms with Gasteiger partial charge in [0.1, 0.15) is 12.6 Å². The van der Waals surface area contributed by atoms with Gasteiger partial charge in [-0.05, 0) is 17.2 Å². The van der Waals surface area contributed by atoms with Crippen LogP contribution in [0.4, 0.5) is 0 Å². The molecule has 0 saturated carbocycles. The average molecular weight is 304 g/mol. The van der Waals surface area contributed by atoms with E-state index in [1.807, 2.05) is 55.5 Å². The van der Waals surface area contributed by atoms with Crippen LogP contribution in [-0.2, 0) is 16.1 Å². The fourth-order valence-corrected chi connectivity index (χ4v) is 2.37. The summed E-state index contributed by atoms with van der Waals surface area (Å²) >= 11 is 6.13. The molecular weight excluding hydrogens is 286 g/mol. The quantitative estimate of drug-likeness (QED) is 0.860. The minimum absolute atomic E-state index is 0.207. The van der Waals surface area contributed by atoms with Crippen LogP contribution in [0.2, 0.25) is 5.02 Å². The molecular formula is C17H18ClNO2. The van der Waals surface area contributed by atoms with Crippen molar-refractivity contribution in [3.8, 4) is 0 Å².